The van der Waals surface area contributed by atoms with Crippen LogP contribution in [-0.4, -0.2) is 21.1 Å². The Labute approximate surface area is 96.8 Å². The molecular weight excluding hydrogens is 224 g/mol. The van der Waals surface area contributed by atoms with Crippen molar-refractivity contribution in [2.75, 3.05) is 5.75 Å². The van der Waals surface area contributed by atoms with Crippen molar-refractivity contribution < 1.29 is 13.9 Å². The Bertz CT molecular complexity index is 464. The van der Waals surface area contributed by atoms with Gasteiger partial charge in [-0.1, -0.05) is 13.8 Å². The molecule has 2 rings (SSSR count). The third-order valence-electron chi connectivity index (χ3n) is 3.19. The minimum absolute atomic E-state index is 0.280. The molecule has 0 bridgehead atoms. The third-order valence-corrected chi connectivity index (χ3v) is 5.36. The molecule has 2 N–H and O–H groups in total. The van der Waals surface area contributed by atoms with Crippen LogP contribution in [-0.2, 0) is 5.41 Å². The summed E-state index contributed by atoms with van der Waals surface area (Å²) in [6.07, 6.45) is 0.815. The van der Waals surface area contributed by atoms with Crippen LogP contribution >= 0.6 is 10.6 Å². The van der Waals surface area contributed by atoms with Gasteiger partial charge >= 0.3 is 0 Å². The lowest BCUT2D eigenvalue weighted by Gasteiger charge is -2.29. The molecule has 4 heteroatoms. The molecule has 1 aliphatic rings. The SMILES string of the molecule is Cc1c(C=O)ccc2c1C(C)(C)CS2(O)O. The van der Waals surface area contributed by atoms with E-state index in [1.54, 1.807) is 12.1 Å². The minimum Gasteiger partial charge on any atom is -0.298 e. The van der Waals surface area contributed by atoms with Gasteiger partial charge in [-0.2, -0.15) is 10.6 Å². The summed E-state index contributed by atoms with van der Waals surface area (Å²) in [6, 6.07) is 3.34. The molecule has 0 atom stereocenters. The zero-order valence-electron chi connectivity index (χ0n) is 9.65. The van der Waals surface area contributed by atoms with Crippen molar-refractivity contribution in [3.05, 3.63) is 28.8 Å². The van der Waals surface area contributed by atoms with E-state index in [-0.39, 0.29) is 5.41 Å². The van der Waals surface area contributed by atoms with Crippen molar-refractivity contribution in [3.63, 3.8) is 0 Å². The van der Waals surface area contributed by atoms with Crippen molar-refractivity contribution in [1.29, 1.82) is 0 Å². The zero-order chi connectivity index (χ0) is 12.1. The normalized spacial score (nSPS) is 22.6. The van der Waals surface area contributed by atoms with Crippen LogP contribution in [0.3, 0.4) is 0 Å². The predicted octanol–water partition coefficient (Wildman–Crippen LogP) is 3.21. The van der Waals surface area contributed by atoms with E-state index in [1.807, 2.05) is 20.8 Å². The van der Waals surface area contributed by atoms with E-state index in [0.29, 0.717) is 16.2 Å². The van der Waals surface area contributed by atoms with E-state index in [1.165, 1.54) is 0 Å². The third kappa shape index (κ3) is 1.49. The second kappa shape index (κ2) is 3.32. The van der Waals surface area contributed by atoms with Gasteiger partial charge in [0.15, 0.2) is 0 Å². The second-order valence-electron chi connectivity index (χ2n) is 4.97. The van der Waals surface area contributed by atoms with Crippen LogP contribution in [0.25, 0.3) is 0 Å². The molecule has 0 spiro atoms. The van der Waals surface area contributed by atoms with Gasteiger partial charge in [-0.3, -0.25) is 13.9 Å². The molecule has 0 aliphatic carbocycles. The lowest BCUT2D eigenvalue weighted by molar-refractivity contribution is 0.112. The first-order valence-electron chi connectivity index (χ1n) is 5.15. The van der Waals surface area contributed by atoms with Crippen molar-refractivity contribution >= 4 is 16.9 Å². The first kappa shape index (κ1) is 11.6. The van der Waals surface area contributed by atoms with Gasteiger partial charge in [0, 0.05) is 11.0 Å². The first-order valence-corrected chi connectivity index (χ1v) is 6.86. The number of aldehydes is 1. The van der Waals surface area contributed by atoms with E-state index >= 15 is 0 Å². The number of rotatable bonds is 1. The largest absolute Gasteiger partial charge is 0.298 e. The number of carbonyl (C=O) groups excluding carboxylic acids is 1. The maximum Gasteiger partial charge on any atom is 0.150 e. The number of carbonyl (C=O) groups is 1. The molecule has 16 heavy (non-hydrogen) atoms. The van der Waals surface area contributed by atoms with Crippen molar-refractivity contribution in [1.82, 2.24) is 0 Å². The Morgan fingerprint density at radius 2 is 2.00 bits per heavy atom. The fourth-order valence-electron chi connectivity index (χ4n) is 2.60. The van der Waals surface area contributed by atoms with Gasteiger partial charge in [0.25, 0.3) is 0 Å². The number of benzene rings is 1. The van der Waals surface area contributed by atoms with Crippen LogP contribution in [0.4, 0.5) is 0 Å². The Balaban J connectivity index is 2.77. The molecule has 3 nitrogen and oxygen atoms in total. The maximum atomic E-state index is 10.9. The van der Waals surface area contributed by atoms with Gasteiger partial charge < -0.3 is 0 Å². The Morgan fingerprint density at radius 3 is 2.56 bits per heavy atom. The summed E-state index contributed by atoms with van der Waals surface area (Å²) in [7, 11) is -2.68. The van der Waals surface area contributed by atoms with Crippen molar-refractivity contribution in [2.24, 2.45) is 0 Å². The molecule has 88 valence electrons. The molecule has 0 fully saturated rings. The molecule has 0 saturated heterocycles. The summed E-state index contributed by atoms with van der Waals surface area (Å²) in [4.78, 5) is 11.5. The topological polar surface area (TPSA) is 57.5 Å². The predicted molar refractivity (Wildman–Crippen MR) is 65.6 cm³/mol. The van der Waals surface area contributed by atoms with Gasteiger partial charge in [0.05, 0.1) is 10.6 Å². The molecule has 0 saturated carbocycles. The van der Waals surface area contributed by atoms with Gasteiger partial charge in [0.1, 0.15) is 6.29 Å². The standard InChI is InChI=1S/C12H16O3S/c1-8-9(6-13)4-5-10-11(8)12(2,3)7-16(10,14)15/h4-6,14-15H,7H2,1-3H3. The summed E-state index contributed by atoms with van der Waals surface area (Å²) in [5.41, 5.74) is 2.15. The molecule has 1 aromatic carbocycles. The fourth-order valence-corrected chi connectivity index (χ4v) is 4.95. The Morgan fingerprint density at radius 1 is 1.38 bits per heavy atom. The van der Waals surface area contributed by atoms with Crippen LogP contribution in [0.15, 0.2) is 17.0 Å². The second-order valence-corrected chi connectivity index (χ2v) is 7.03. The number of hydrogen-bond donors (Lipinski definition) is 2. The Kier molecular flexibility index (Phi) is 2.42. The average Bonchev–Trinajstić information content (AvgIpc) is 2.33. The van der Waals surface area contributed by atoms with Crippen molar-refractivity contribution in [2.45, 2.75) is 31.1 Å². The van der Waals surface area contributed by atoms with E-state index in [9.17, 15) is 13.9 Å². The smallest absolute Gasteiger partial charge is 0.150 e. The zero-order valence-corrected chi connectivity index (χ0v) is 10.5. The van der Waals surface area contributed by atoms with E-state index in [2.05, 4.69) is 0 Å². The van der Waals surface area contributed by atoms with Gasteiger partial charge in [-0.25, -0.2) is 0 Å². The highest BCUT2D eigenvalue weighted by atomic mass is 32.3. The highest BCUT2D eigenvalue weighted by molar-refractivity contribution is 8.24. The van der Waals surface area contributed by atoms with Crippen LogP contribution in [0.2, 0.25) is 0 Å². The van der Waals surface area contributed by atoms with Crippen LogP contribution in [0.5, 0.6) is 0 Å². The number of fused-ring (bicyclic) bond motifs is 1. The molecule has 0 radical (unpaired) electrons. The summed E-state index contributed by atoms with van der Waals surface area (Å²) in [5.74, 6) is 0.346. The summed E-state index contributed by atoms with van der Waals surface area (Å²) in [6.45, 7) is 5.83. The fraction of sp³-hybridized carbons (Fsp3) is 0.417. The highest BCUT2D eigenvalue weighted by Crippen LogP contribution is 2.62. The summed E-state index contributed by atoms with van der Waals surface area (Å²) in [5, 5.41) is 0. The molecular formula is C12H16O3S. The van der Waals surface area contributed by atoms with Crippen LogP contribution in [0, 0.1) is 6.92 Å². The lowest BCUT2D eigenvalue weighted by Crippen LogP contribution is -2.19. The van der Waals surface area contributed by atoms with Crippen LogP contribution in [0.1, 0.15) is 35.3 Å². The monoisotopic (exact) mass is 240 g/mol. The molecule has 0 unspecified atom stereocenters. The summed E-state index contributed by atoms with van der Waals surface area (Å²) < 4.78 is 20.0. The van der Waals surface area contributed by atoms with Gasteiger partial charge in [-0.05, 0) is 30.2 Å². The minimum atomic E-state index is -2.68. The maximum absolute atomic E-state index is 10.9. The van der Waals surface area contributed by atoms with Gasteiger partial charge in [-0.15, -0.1) is 0 Å². The van der Waals surface area contributed by atoms with E-state index in [0.717, 1.165) is 17.4 Å². The lowest BCUT2D eigenvalue weighted by atomic mass is 9.83. The first-order chi connectivity index (χ1) is 7.29. The van der Waals surface area contributed by atoms with E-state index < -0.39 is 10.6 Å². The summed E-state index contributed by atoms with van der Waals surface area (Å²) >= 11 is 0. The average molecular weight is 240 g/mol. The Hall–Kier alpha value is -0.840. The van der Waals surface area contributed by atoms with Crippen LogP contribution < -0.4 is 0 Å². The molecule has 1 heterocycles. The van der Waals surface area contributed by atoms with E-state index in [4.69, 9.17) is 0 Å². The number of hydrogen-bond acceptors (Lipinski definition) is 3. The molecule has 0 aromatic heterocycles. The molecule has 0 amide bonds. The van der Waals surface area contributed by atoms with Crippen molar-refractivity contribution in [3.8, 4) is 0 Å². The highest BCUT2D eigenvalue weighted by Gasteiger charge is 2.42. The molecule has 1 aromatic rings. The molecule has 1 aliphatic heterocycles. The van der Waals surface area contributed by atoms with Gasteiger partial charge in [0.2, 0.25) is 0 Å². The quantitative estimate of drug-likeness (QED) is 0.741.